The topological polar surface area (TPSA) is 92.8 Å². The molecule has 0 saturated heterocycles. The summed E-state index contributed by atoms with van der Waals surface area (Å²) < 4.78 is 30.8. The molecule has 2 aromatic carbocycles. The van der Waals surface area contributed by atoms with Gasteiger partial charge in [-0.3, -0.25) is 9.59 Å². The van der Waals surface area contributed by atoms with E-state index in [4.69, 9.17) is 16.3 Å². The zero-order valence-electron chi connectivity index (χ0n) is 14.8. The molecule has 2 amide bonds. The first kappa shape index (κ1) is 18.8. The minimum atomic E-state index is -3.81. The summed E-state index contributed by atoms with van der Waals surface area (Å²) in [5.74, 6) is -0.709. The Labute approximate surface area is 167 Å². The van der Waals surface area contributed by atoms with Gasteiger partial charge in [-0.15, -0.1) is 0 Å². The summed E-state index contributed by atoms with van der Waals surface area (Å²) in [5, 5.41) is 2.55. The third kappa shape index (κ3) is 3.45. The number of fused-ring (bicyclic) bond motifs is 2. The first-order chi connectivity index (χ1) is 13.3. The van der Waals surface area contributed by atoms with Gasteiger partial charge in [-0.25, -0.2) is 8.42 Å². The number of halogens is 1. The van der Waals surface area contributed by atoms with Crippen LogP contribution in [-0.4, -0.2) is 39.1 Å². The van der Waals surface area contributed by atoms with Crippen molar-refractivity contribution in [3.63, 3.8) is 0 Å². The first-order valence-electron chi connectivity index (χ1n) is 8.72. The Balaban J connectivity index is 1.51. The monoisotopic (exact) mass is 420 g/mol. The van der Waals surface area contributed by atoms with E-state index in [2.05, 4.69) is 5.32 Å². The van der Waals surface area contributed by atoms with E-state index in [9.17, 15) is 18.0 Å². The Morgan fingerprint density at radius 2 is 2.04 bits per heavy atom. The molecule has 28 heavy (non-hydrogen) atoms. The second-order valence-electron chi connectivity index (χ2n) is 6.61. The van der Waals surface area contributed by atoms with Gasteiger partial charge in [0.15, 0.2) is 16.4 Å². The maximum absolute atomic E-state index is 12.8. The average Bonchev–Trinajstić information content (AvgIpc) is 3.09. The number of nitrogens with one attached hydrogen (secondary N) is 1. The van der Waals surface area contributed by atoms with E-state index in [1.165, 1.54) is 12.1 Å². The molecule has 9 heteroatoms. The molecule has 0 aliphatic carbocycles. The quantitative estimate of drug-likeness (QED) is 0.820. The molecule has 2 aliphatic rings. The molecular formula is C19H17ClN2O5S. The van der Waals surface area contributed by atoms with E-state index >= 15 is 0 Å². The molecule has 7 nitrogen and oxygen atoms in total. The molecule has 0 fully saturated rings. The lowest BCUT2D eigenvalue weighted by Gasteiger charge is -2.20. The van der Waals surface area contributed by atoms with Crippen molar-refractivity contribution >= 4 is 44.6 Å². The number of carbonyl (C=O) groups is 2. The van der Waals surface area contributed by atoms with Crippen molar-refractivity contribution in [1.82, 2.24) is 0 Å². The number of hydrogen-bond acceptors (Lipinski definition) is 5. The van der Waals surface area contributed by atoms with E-state index in [1.54, 1.807) is 4.90 Å². The second-order valence-corrected chi connectivity index (χ2v) is 9.09. The molecule has 146 valence electrons. The van der Waals surface area contributed by atoms with Gasteiger partial charge in [0.25, 0.3) is 5.91 Å². The highest BCUT2D eigenvalue weighted by molar-refractivity contribution is 7.91. The number of para-hydroxylation sites is 1. The van der Waals surface area contributed by atoms with Gasteiger partial charge in [-0.1, -0.05) is 29.8 Å². The van der Waals surface area contributed by atoms with Crippen molar-refractivity contribution in [3.8, 4) is 5.75 Å². The Kier molecular flexibility index (Phi) is 4.76. The highest BCUT2D eigenvalue weighted by Crippen LogP contribution is 2.36. The number of rotatable bonds is 4. The summed E-state index contributed by atoms with van der Waals surface area (Å²) in [6, 6.07) is 10.2. The van der Waals surface area contributed by atoms with Crippen LogP contribution in [0.5, 0.6) is 5.75 Å². The van der Waals surface area contributed by atoms with Crippen molar-refractivity contribution in [2.24, 2.45) is 0 Å². The zero-order chi connectivity index (χ0) is 19.9. The molecule has 0 atom stereocenters. The van der Waals surface area contributed by atoms with Crippen molar-refractivity contribution in [3.05, 3.63) is 47.0 Å². The van der Waals surface area contributed by atoms with Gasteiger partial charge in [0, 0.05) is 24.7 Å². The Bertz CT molecular complexity index is 1080. The molecule has 0 radical (unpaired) electrons. The number of nitrogens with zero attached hydrogens (tertiary/aromatic N) is 1. The van der Waals surface area contributed by atoms with Gasteiger partial charge in [0.1, 0.15) is 5.75 Å². The lowest BCUT2D eigenvalue weighted by atomic mass is 10.2. The van der Waals surface area contributed by atoms with Gasteiger partial charge in [0.05, 0.1) is 21.4 Å². The highest BCUT2D eigenvalue weighted by Gasteiger charge is 2.28. The third-order valence-electron chi connectivity index (χ3n) is 4.77. The zero-order valence-corrected chi connectivity index (χ0v) is 16.3. The summed E-state index contributed by atoms with van der Waals surface area (Å²) in [4.78, 5) is 25.5. The van der Waals surface area contributed by atoms with Crippen LogP contribution in [0.25, 0.3) is 0 Å². The molecule has 2 aromatic rings. The van der Waals surface area contributed by atoms with Crippen LogP contribution in [0.1, 0.15) is 12.0 Å². The van der Waals surface area contributed by atoms with Crippen molar-refractivity contribution in [2.75, 3.05) is 29.1 Å². The van der Waals surface area contributed by atoms with Crippen LogP contribution >= 0.6 is 11.6 Å². The fourth-order valence-corrected chi connectivity index (χ4v) is 5.21. The van der Waals surface area contributed by atoms with Crippen LogP contribution in [0, 0.1) is 0 Å². The molecule has 0 saturated carbocycles. The molecular weight excluding hydrogens is 404 g/mol. The Hall–Kier alpha value is -2.58. The molecule has 2 heterocycles. The van der Waals surface area contributed by atoms with Gasteiger partial charge in [0.2, 0.25) is 5.91 Å². The van der Waals surface area contributed by atoms with Crippen LogP contribution in [-0.2, 0) is 25.8 Å². The average molecular weight is 421 g/mol. The summed E-state index contributed by atoms with van der Waals surface area (Å²) in [6.07, 6.45) is 0.607. The number of sulfone groups is 1. The van der Waals surface area contributed by atoms with E-state index in [-0.39, 0.29) is 46.3 Å². The van der Waals surface area contributed by atoms with Gasteiger partial charge in [-0.2, -0.15) is 0 Å². The normalized spacial score (nSPS) is 15.5. The summed E-state index contributed by atoms with van der Waals surface area (Å²) in [6.45, 7) is 0.354. The number of anilines is 2. The van der Waals surface area contributed by atoms with Crippen LogP contribution in [0.15, 0.2) is 41.3 Å². The lowest BCUT2D eigenvalue weighted by molar-refractivity contribution is -0.119. The lowest BCUT2D eigenvalue weighted by Crippen LogP contribution is -2.30. The second kappa shape index (κ2) is 7.10. The molecule has 0 bridgehead atoms. The summed E-state index contributed by atoms with van der Waals surface area (Å²) >= 11 is 6.12. The van der Waals surface area contributed by atoms with Gasteiger partial charge < -0.3 is 15.0 Å². The molecule has 4 rings (SSSR count). The fourth-order valence-electron chi connectivity index (χ4n) is 3.38. The van der Waals surface area contributed by atoms with Gasteiger partial charge >= 0.3 is 0 Å². The predicted octanol–water partition coefficient (Wildman–Crippen LogP) is 2.42. The minimum absolute atomic E-state index is 0.0245. The van der Waals surface area contributed by atoms with Crippen LogP contribution in [0.3, 0.4) is 0 Å². The number of benzene rings is 2. The first-order valence-corrected chi connectivity index (χ1v) is 10.8. The van der Waals surface area contributed by atoms with Crippen LogP contribution in [0.2, 0.25) is 5.02 Å². The maximum atomic E-state index is 12.8. The number of amides is 2. The number of ether oxygens (including phenoxy) is 1. The van der Waals surface area contributed by atoms with Crippen LogP contribution < -0.4 is 15.0 Å². The molecule has 2 aliphatic heterocycles. The SMILES string of the molecule is O=C1COc2cc(S(=O)(=O)CCC(=O)N3CCc4ccccc43)c(Cl)cc2N1. The fraction of sp³-hybridized carbons (Fsp3) is 0.263. The Morgan fingerprint density at radius 3 is 2.86 bits per heavy atom. The third-order valence-corrected chi connectivity index (χ3v) is 6.95. The summed E-state index contributed by atoms with van der Waals surface area (Å²) in [7, 11) is -3.81. The molecule has 1 N–H and O–H groups in total. The summed E-state index contributed by atoms with van der Waals surface area (Å²) in [5.41, 5.74) is 2.24. The largest absolute Gasteiger partial charge is 0.482 e. The van der Waals surface area contributed by atoms with E-state index in [0.29, 0.717) is 12.2 Å². The molecule has 0 unspecified atom stereocenters. The van der Waals surface area contributed by atoms with Crippen molar-refractivity contribution in [1.29, 1.82) is 0 Å². The van der Waals surface area contributed by atoms with Crippen LogP contribution in [0.4, 0.5) is 11.4 Å². The van der Waals surface area contributed by atoms with E-state index < -0.39 is 9.84 Å². The van der Waals surface area contributed by atoms with E-state index in [0.717, 1.165) is 17.7 Å². The van der Waals surface area contributed by atoms with Gasteiger partial charge in [-0.05, 0) is 24.1 Å². The van der Waals surface area contributed by atoms with E-state index in [1.807, 2.05) is 24.3 Å². The number of carbonyl (C=O) groups excluding carboxylic acids is 2. The van der Waals surface area contributed by atoms with Crippen molar-refractivity contribution < 1.29 is 22.7 Å². The highest BCUT2D eigenvalue weighted by atomic mass is 35.5. The predicted molar refractivity (Wildman–Crippen MR) is 105 cm³/mol. The Morgan fingerprint density at radius 1 is 1.25 bits per heavy atom. The van der Waals surface area contributed by atoms with Crippen molar-refractivity contribution in [2.45, 2.75) is 17.7 Å². The minimum Gasteiger partial charge on any atom is -0.482 e. The molecule has 0 aromatic heterocycles. The molecule has 0 spiro atoms. The number of hydrogen-bond donors (Lipinski definition) is 1. The standard InChI is InChI=1S/C19H17ClN2O5S/c20-13-9-14-16(27-11-18(23)21-14)10-17(13)28(25,26)8-6-19(24)22-7-5-12-3-1-2-4-15(12)22/h1-4,9-10H,5-8,11H2,(H,21,23). The maximum Gasteiger partial charge on any atom is 0.262 e. The smallest absolute Gasteiger partial charge is 0.262 e.